The standard InChI is InChI=1S/C18H22N2O/c1-17(2)10-9-12-11-18(17,3)15-14(12)16(21)20(19-15)13-7-5-4-6-8-13/h4-8,12,19H,9-11H2,1-3H3/t12?,18-/m0/s1. The highest BCUT2D eigenvalue weighted by Crippen LogP contribution is 2.60. The van der Waals surface area contributed by atoms with Crippen molar-refractivity contribution in [2.45, 2.75) is 51.4 Å². The van der Waals surface area contributed by atoms with E-state index in [4.69, 9.17) is 0 Å². The molecular weight excluding hydrogens is 260 g/mol. The van der Waals surface area contributed by atoms with Crippen molar-refractivity contribution in [1.29, 1.82) is 0 Å². The highest BCUT2D eigenvalue weighted by Gasteiger charge is 2.55. The molecule has 1 heterocycles. The van der Waals surface area contributed by atoms with Crippen molar-refractivity contribution in [2.24, 2.45) is 5.41 Å². The molecule has 0 radical (unpaired) electrons. The topological polar surface area (TPSA) is 37.8 Å². The van der Waals surface area contributed by atoms with Crippen LogP contribution in [0, 0.1) is 5.41 Å². The van der Waals surface area contributed by atoms with E-state index >= 15 is 0 Å². The van der Waals surface area contributed by atoms with Gasteiger partial charge in [-0.25, -0.2) is 4.68 Å². The Morgan fingerprint density at radius 2 is 1.90 bits per heavy atom. The second-order valence-corrected chi connectivity index (χ2v) is 7.53. The van der Waals surface area contributed by atoms with Gasteiger partial charge in [0.1, 0.15) is 0 Å². The molecule has 2 aliphatic rings. The molecule has 0 saturated heterocycles. The molecule has 1 aromatic carbocycles. The fraction of sp³-hybridized carbons (Fsp3) is 0.500. The Morgan fingerprint density at radius 1 is 1.19 bits per heavy atom. The van der Waals surface area contributed by atoms with E-state index in [2.05, 4.69) is 25.9 Å². The van der Waals surface area contributed by atoms with E-state index in [0.717, 1.165) is 24.1 Å². The van der Waals surface area contributed by atoms with Gasteiger partial charge in [0.15, 0.2) is 0 Å². The summed E-state index contributed by atoms with van der Waals surface area (Å²) in [5.74, 6) is 0.437. The minimum absolute atomic E-state index is 0.0877. The van der Waals surface area contributed by atoms with Gasteiger partial charge in [-0.3, -0.25) is 9.89 Å². The van der Waals surface area contributed by atoms with Crippen LogP contribution in [-0.2, 0) is 5.41 Å². The first-order valence-electron chi connectivity index (χ1n) is 7.85. The lowest BCUT2D eigenvalue weighted by Crippen LogP contribution is -2.40. The minimum atomic E-state index is 0.0877. The smallest absolute Gasteiger partial charge is 0.274 e. The van der Waals surface area contributed by atoms with Gasteiger partial charge < -0.3 is 0 Å². The van der Waals surface area contributed by atoms with E-state index in [1.165, 1.54) is 12.1 Å². The van der Waals surface area contributed by atoms with Crippen molar-refractivity contribution in [3.05, 3.63) is 51.9 Å². The van der Waals surface area contributed by atoms with Gasteiger partial charge >= 0.3 is 0 Å². The third kappa shape index (κ3) is 1.52. The van der Waals surface area contributed by atoms with Gasteiger partial charge in [-0.05, 0) is 42.7 Å². The van der Waals surface area contributed by atoms with Crippen molar-refractivity contribution in [1.82, 2.24) is 9.78 Å². The molecule has 2 aliphatic carbocycles. The highest BCUT2D eigenvalue weighted by molar-refractivity contribution is 5.43. The largest absolute Gasteiger partial charge is 0.294 e. The van der Waals surface area contributed by atoms with Crippen molar-refractivity contribution in [2.75, 3.05) is 0 Å². The summed E-state index contributed by atoms with van der Waals surface area (Å²) in [5, 5.41) is 3.45. The first kappa shape index (κ1) is 12.9. The summed E-state index contributed by atoms with van der Waals surface area (Å²) in [6.45, 7) is 7.02. The van der Waals surface area contributed by atoms with Crippen LogP contribution in [0.3, 0.4) is 0 Å². The molecule has 21 heavy (non-hydrogen) atoms. The first-order chi connectivity index (χ1) is 9.94. The number of rotatable bonds is 1. The SMILES string of the molecule is CC1(C)CCC2C[C@@]1(C)c1[nH]n(-c3ccccc3)c(=O)c12. The fourth-order valence-corrected chi connectivity index (χ4v) is 4.38. The maximum atomic E-state index is 12.9. The van der Waals surface area contributed by atoms with E-state index in [0.29, 0.717) is 5.92 Å². The van der Waals surface area contributed by atoms with E-state index < -0.39 is 0 Å². The predicted octanol–water partition coefficient (Wildman–Crippen LogP) is 3.73. The molecule has 0 spiro atoms. The summed E-state index contributed by atoms with van der Waals surface area (Å²) >= 11 is 0. The number of fused-ring (bicyclic) bond motifs is 5. The second-order valence-electron chi connectivity index (χ2n) is 7.53. The second kappa shape index (κ2) is 3.90. The Morgan fingerprint density at radius 3 is 2.62 bits per heavy atom. The summed E-state index contributed by atoms with van der Waals surface area (Å²) in [6.07, 6.45) is 3.45. The maximum absolute atomic E-state index is 12.9. The Balaban J connectivity index is 1.95. The molecule has 1 fully saturated rings. The normalized spacial score (nSPS) is 29.4. The van der Waals surface area contributed by atoms with Gasteiger partial charge in [-0.2, -0.15) is 0 Å². The third-order valence-electron chi connectivity index (χ3n) is 6.17. The number of hydrogen-bond donors (Lipinski definition) is 1. The molecule has 2 bridgehead atoms. The van der Waals surface area contributed by atoms with Crippen LogP contribution in [0.1, 0.15) is 57.2 Å². The lowest BCUT2D eigenvalue weighted by Gasteiger charge is -2.45. The third-order valence-corrected chi connectivity index (χ3v) is 6.17. The van der Waals surface area contributed by atoms with Gasteiger partial charge in [-0.15, -0.1) is 0 Å². The number of aromatic amines is 1. The highest BCUT2D eigenvalue weighted by atomic mass is 16.1. The van der Waals surface area contributed by atoms with Crippen LogP contribution in [0.5, 0.6) is 0 Å². The molecule has 1 saturated carbocycles. The molecule has 1 aromatic heterocycles. The van der Waals surface area contributed by atoms with Crippen LogP contribution in [0.2, 0.25) is 0 Å². The molecule has 0 amide bonds. The van der Waals surface area contributed by atoms with Gasteiger partial charge in [0, 0.05) is 16.7 Å². The van der Waals surface area contributed by atoms with E-state index in [1.807, 2.05) is 30.3 Å². The van der Waals surface area contributed by atoms with E-state index in [9.17, 15) is 4.79 Å². The molecule has 2 atom stereocenters. The van der Waals surface area contributed by atoms with E-state index in [-0.39, 0.29) is 16.4 Å². The number of para-hydroxylation sites is 1. The zero-order valence-electron chi connectivity index (χ0n) is 12.9. The number of H-pyrrole nitrogens is 1. The molecule has 0 aliphatic heterocycles. The Bertz CT molecular complexity index is 753. The zero-order chi connectivity index (χ0) is 14.8. The Labute approximate surface area is 125 Å². The van der Waals surface area contributed by atoms with Crippen molar-refractivity contribution < 1.29 is 0 Å². The van der Waals surface area contributed by atoms with Crippen molar-refractivity contribution in [3.8, 4) is 5.69 Å². The molecular formula is C18H22N2O. The average molecular weight is 282 g/mol. The van der Waals surface area contributed by atoms with Crippen LogP contribution < -0.4 is 5.56 Å². The number of hydrogen-bond acceptors (Lipinski definition) is 1. The van der Waals surface area contributed by atoms with Crippen LogP contribution in [0.25, 0.3) is 5.69 Å². The van der Waals surface area contributed by atoms with Gasteiger partial charge in [0.05, 0.1) is 5.69 Å². The summed E-state index contributed by atoms with van der Waals surface area (Å²) in [4.78, 5) is 12.9. The van der Waals surface area contributed by atoms with Gasteiger partial charge in [0.25, 0.3) is 5.56 Å². The summed E-state index contributed by atoms with van der Waals surface area (Å²) < 4.78 is 1.73. The van der Waals surface area contributed by atoms with Gasteiger partial charge in [-0.1, -0.05) is 39.0 Å². The number of nitrogens with one attached hydrogen (secondary N) is 1. The minimum Gasteiger partial charge on any atom is -0.294 e. The maximum Gasteiger partial charge on any atom is 0.274 e. The summed E-state index contributed by atoms with van der Waals surface area (Å²) in [7, 11) is 0. The van der Waals surface area contributed by atoms with Gasteiger partial charge in [0.2, 0.25) is 0 Å². The summed E-state index contributed by atoms with van der Waals surface area (Å²) in [5.41, 5.74) is 3.64. The first-order valence-corrected chi connectivity index (χ1v) is 7.85. The number of nitrogens with zero attached hydrogens (tertiary/aromatic N) is 1. The molecule has 1 N–H and O–H groups in total. The molecule has 3 heteroatoms. The lowest BCUT2D eigenvalue weighted by atomic mass is 9.59. The van der Waals surface area contributed by atoms with E-state index in [1.54, 1.807) is 4.68 Å². The van der Waals surface area contributed by atoms with Crippen LogP contribution >= 0.6 is 0 Å². The lowest BCUT2D eigenvalue weighted by molar-refractivity contribution is 0.111. The van der Waals surface area contributed by atoms with Crippen LogP contribution in [-0.4, -0.2) is 9.78 Å². The zero-order valence-corrected chi connectivity index (χ0v) is 12.9. The molecule has 2 aromatic rings. The monoisotopic (exact) mass is 282 g/mol. The van der Waals surface area contributed by atoms with Crippen molar-refractivity contribution in [3.63, 3.8) is 0 Å². The number of benzene rings is 1. The molecule has 1 unspecified atom stereocenters. The predicted molar refractivity (Wildman–Crippen MR) is 84.1 cm³/mol. The Hall–Kier alpha value is -1.77. The molecule has 3 nitrogen and oxygen atoms in total. The molecule has 4 rings (SSSR count). The van der Waals surface area contributed by atoms with Crippen molar-refractivity contribution >= 4 is 0 Å². The average Bonchev–Trinajstić information content (AvgIpc) is 2.93. The quantitative estimate of drug-likeness (QED) is 0.850. The number of aromatic nitrogens is 2. The van der Waals surface area contributed by atoms with Crippen LogP contribution in [0.4, 0.5) is 0 Å². The fourth-order valence-electron chi connectivity index (χ4n) is 4.38. The summed E-state index contributed by atoms with van der Waals surface area (Å²) in [6, 6.07) is 9.89. The van der Waals surface area contributed by atoms with Crippen LogP contribution in [0.15, 0.2) is 35.1 Å². The molecule has 110 valence electrons. The Kier molecular flexibility index (Phi) is 2.40.